The number of aromatic nitrogens is 1. The van der Waals surface area contributed by atoms with Crippen LogP contribution in [0.25, 0.3) is 0 Å². The molecular weight excluding hydrogens is 212 g/mol. The Hall–Kier alpha value is -1.44. The van der Waals surface area contributed by atoms with Crippen molar-refractivity contribution in [1.82, 2.24) is 14.8 Å². The van der Waals surface area contributed by atoms with Gasteiger partial charge in [-0.05, 0) is 24.2 Å². The monoisotopic (exact) mass is 230 g/mol. The lowest BCUT2D eigenvalue weighted by Gasteiger charge is -2.33. The molecule has 0 amide bonds. The van der Waals surface area contributed by atoms with Crippen LogP contribution < -0.4 is 0 Å². The van der Waals surface area contributed by atoms with E-state index in [2.05, 4.69) is 27.8 Å². The molecule has 0 aliphatic carbocycles. The van der Waals surface area contributed by atoms with Gasteiger partial charge in [0, 0.05) is 38.9 Å². The van der Waals surface area contributed by atoms with Crippen molar-refractivity contribution in [3.05, 3.63) is 29.6 Å². The molecule has 0 bridgehead atoms. The lowest BCUT2D eigenvalue weighted by molar-refractivity contribution is 0.132. The van der Waals surface area contributed by atoms with Gasteiger partial charge in [-0.15, -0.1) is 0 Å². The van der Waals surface area contributed by atoms with Gasteiger partial charge in [0.1, 0.15) is 11.8 Å². The average Bonchev–Trinajstić information content (AvgIpc) is 2.40. The van der Waals surface area contributed by atoms with Gasteiger partial charge in [-0.2, -0.15) is 5.26 Å². The van der Waals surface area contributed by atoms with Gasteiger partial charge in [0.25, 0.3) is 0 Å². The molecule has 2 heterocycles. The van der Waals surface area contributed by atoms with Gasteiger partial charge in [0.2, 0.25) is 0 Å². The average molecular weight is 230 g/mol. The predicted octanol–water partition coefficient (Wildman–Crippen LogP) is 1.09. The van der Waals surface area contributed by atoms with E-state index in [-0.39, 0.29) is 0 Å². The van der Waals surface area contributed by atoms with Gasteiger partial charge in [0.15, 0.2) is 0 Å². The third-order valence-electron chi connectivity index (χ3n) is 3.26. The summed E-state index contributed by atoms with van der Waals surface area (Å²) in [7, 11) is 0. The second-order valence-corrected chi connectivity index (χ2v) is 4.37. The first-order chi connectivity index (χ1) is 8.31. The van der Waals surface area contributed by atoms with E-state index >= 15 is 0 Å². The highest BCUT2D eigenvalue weighted by molar-refractivity contribution is 5.25. The number of rotatable bonds is 3. The molecular formula is C13H18N4. The Kier molecular flexibility index (Phi) is 4.08. The minimum absolute atomic E-state index is 0.509. The second-order valence-electron chi connectivity index (χ2n) is 4.37. The molecule has 1 fully saturated rings. The van der Waals surface area contributed by atoms with Crippen molar-refractivity contribution in [1.29, 1.82) is 5.26 Å². The molecule has 4 nitrogen and oxygen atoms in total. The molecule has 0 spiro atoms. The summed E-state index contributed by atoms with van der Waals surface area (Å²) in [5.74, 6) is 0. The van der Waals surface area contributed by atoms with E-state index in [4.69, 9.17) is 5.26 Å². The minimum atomic E-state index is 0.509. The summed E-state index contributed by atoms with van der Waals surface area (Å²) in [4.78, 5) is 8.88. The van der Waals surface area contributed by atoms with E-state index in [9.17, 15) is 0 Å². The number of likely N-dealkylation sites (N-methyl/N-ethyl adjacent to an activating group) is 1. The standard InChI is InChI=1S/C13H18N4/c1-2-16-5-7-17(8-6-16)11-12-3-4-15-13(9-12)10-14/h3-4,9H,2,5-8,11H2,1H3. The molecule has 0 saturated carbocycles. The van der Waals surface area contributed by atoms with Crippen molar-refractivity contribution in [2.75, 3.05) is 32.7 Å². The second kappa shape index (κ2) is 5.76. The number of pyridine rings is 1. The van der Waals surface area contributed by atoms with Gasteiger partial charge in [-0.25, -0.2) is 4.98 Å². The number of nitrogens with zero attached hydrogens (tertiary/aromatic N) is 4. The van der Waals surface area contributed by atoms with Gasteiger partial charge in [-0.3, -0.25) is 4.90 Å². The molecule has 2 rings (SSSR count). The molecule has 4 heteroatoms. The lowest BCUT2D eigenvalue weighted by Crippen LogP contribution is -2.45. The van der Waals surface area contributed by atoms with E-state index in [1.54, 1.807) is 6.20 Å². The largest absolute Gasteiger partial charge is 0.301 e. The molecule has 1 aromatic heterocycles. The summed E-state index contributed by atoms with van der Waals surface area (Å²) in [6.07, 6.45) is 1.72. The van der Waals surface area contributed by atoms with Crippen LogP contribution in [-0.4, -0.2) is 47.5 Å². The quantitative estimate of drug-likeness (QED) is 0.779. The van der Waals surface area contributed by atoms with Crippen LogP contribution in [0.1, 0.15) is 18.2 Å². The Labute approximate surface area is 102 Å². The maximum atomic E-state index is 8.80. The first-order valence-corrected chi connectivity index (χ1v) is 6.11. The molecule has 1 aromatic rings. The van der Waals surface area contributed by atoms with E-state index < -0.39 is 0 Å². The van der Waals surface area contributed by atoms with Crippen molar-refractivity contribution in [2.24, 2.45) is 0 Å². The third-order valence-corrected chi connectivity index (χ3v) is 3.26. The highest BCUT2D eigenvalue weighted by Gasteiger charge is 2.15. The highest BCUT2D eigenvalue weighted by Crippen LogP contribution is 2.08. The summed E-state index contributed by atoms with van der Waals surface area (Å²) >= 11 is 0. The first kappa shape index (κ1) is 12.0. The SMILES string of the molecule is CCN1CCN(Cc2ccnc(C#N)c2)CC1. The maximum Gasteiger partial charge on any atom is 0.140 e. The molecule has 1 saturated heterocycles. The van der Waals surface area contributed by atoms with Crippen LogP contribution in [0.2, 0.25) is 0 Å². The summed E-state index contributed by atoms with van der Waals surface area (Å²) in [6, 6.07) is 5.96. The Morgan fingerprint density at radius 3 is 2.65 bits per heavy atom. The molecule has 0 aromatic carbocycles. The normalized spacial score (nSPS) is 17.9. The number of hydrogen-bond donors (Lipinski definition) is 0. The van der Waals surface area contributed by atoms with Crippen molar-refractivity contribution >= 4 is 0 Å². The molecule has 0 unspecified atom stereocenters. The molecule has 17 heavy (non-hydrogen) atoms. The Balaban J connectivity index is 1.91. The summed E-state index contributed by atoms with van der Waals surface area (Å²) in [5.41, 5.74) is 1.69. The Bertz CT molecular complexity index is 402. The number of hydrogen-bond acceptors (Lipinski definition) is 4. The van der Waals surface area contributed by atoms with Crippen LogP contribution in [0.3, 0.4) is 0 Å². The zero-order valence-corrected chi connectivity index (χ0v) is 10.3. The summed E-state index contributed by atoms with van der Waals surface area (Å²) in [5, 5.41) is 8.80. The van der Waals surface area contributed by atoms with Crippen molar-refractivity contribution in [3.8, 4) is 6.07 Å². The van der Waals surface area contributed by atoms with Gasteiger partial charge in [0.05, 0.1) is 0 Å². The molecule has 1 aliphatic heterocycles. The highest BCUT2D eigenvalue weighted by atomic mass is 15.3. The van der Waals surface area contributed by atoms with Crippen molar-refractivity contribution < 1.29 is 0 Å². The fourth-order valence-electron chi connectivity index (χ4n) is 2.16. The summed E-state index contributed by atoms with van der Waals surface area (Å²) in [6.45, 7) is 8.78. The van der Waals surface area contributed by atoms with Crippen molar-refractivity contribution in [2.45, 2.75) is 13.5 Å². The van der Waals surface area contributed by atoms with Crippen LogP contribution >= 0.6 is 0 Å². The zero-order chi connectivity index (χ0) is 12.1. The number of piperazine rings is 1. The number of nitriles is 1. The van der Waals surface area contributed by atoms with E-state index in [0.29, 0.717) is 5.69 Å². The van der Waals surface area contributed by atoms with Crippen LogP contribution in [0, 0.1) is 11.3 Å². The molecule has 0 radical (unpaired) electrons. The fraction of sp³-hybridized carbons (Fsp3) is 0.538. The van der Waals surface area contributed by atoms with Crippen LogP contribution in [0.4, 0.5) is 0 Å². The van der Waals surface area contributed by atoms with Gasteiger partial charge in [-0.1, -0.05) is 6.92 Å². The predicted molar refractivity (Wildman–Crippen MR) is 66.3 cm³/mol. The Morgan fingerprint density at radius 2 is 2.00 bits per heavy atom. The maximum absolute atomic E-state index is 8.80. The van der Waals surface area contributed by atoms with Gasteiger partial charge >= 0.3 is 0 Å². The molecule has 1 aliphatic rings. The van der Waals surface area contributed by atoms with E-state index in [1.807, 2.05) is 12.1 Å². The molecule has 0 atom stereocenters. The van der Waals surface area contributed by atoms with Crippen LogP contribution in [0.5, 0.6) is 0 Å². The lowest BCUT2D eigenvalue weighted by atomic mass is 10.2. The Morgan fingerprint density at radius 1 is 1.29 bits per heavy atom. The van der Waals surface area contributed by atoms with Gasteiger partial charge < -0.3 is 4.90 Å². The molecule has 90 valence electrons. The van der Waals surface area contributed by atoms with E-state index in [0.717, 1.165) is 39.3 Å². The smallest absolute Gasteiger partial charge is 0.140 e. The fourth-order valence-corrected chi connectivity index (χ4v) is 2.16. The summed E-state index contributed by atoms with van der Waals surface area (Å²) < 4.78 is 0. The van der Waals surface area contributed by atoms with E-state index in [1.165, 1.54) is 5.56 Å². The topological polar surface area (TPSA) is 43.2 Å². The van der Waals surface area contributed by atoms with Crippen molar-refractivity contribution in [3.63, 3.8) is 0 Å². The first-order valence-electron chi connectivity index (χ1n) is 6.11. The zero-order valence-electron chi connectivity index (χ0n) is 10.3. The third kappa shape index (κ3) is 3.26. The minimum Gasteiger partial charge on any atom is -0.301 e. The van der Waals surface area contributed by atoms with Crippen LogP contribution in [0.15, 0.2) is 18.3 Å². The van der Waals surface area contributed by atoms with Crippen LogP contribution in [-0.2, 0) is 6.54 Å². The molecule has 0 N–H and O–H groups in total.